The second-order valence-electron chi connectivity index (χ2n) is 5.13. The van der Waals surface area contributed by atoms with Gasteiger partial charge in [-0.05, 0) is 42.8 Å². The molecule has 0 amide bonds. The maximum atomic E-state index is 13.5. The highest BCUT2D eigenvalue weighted by Gasteiger charge is 2.25. The van der Waals surface area contributed by atoms with Gasteiger partial charge in [0.25, 0.3) is 0 Å². The van der Waals surface area contributed by atoms with Gasteiger partial charge in [-0.1, -0.05) is 13.8 Å². The van der Waals surface area contributed by atoms with Crippen molar-refractivity contribution in [2.75, 3.05) is 7.11 Å². The van der Waals surface area contributed by atoms with Crippen molar-refractivity contribution in [2.45, 2.75) is 26.3 Å². The first-order valence-electron chi connectivity index (χ1n) is 6.41. The number of aromatic amines is 1. The Bertz CT molecular complexity index is 690. The first kappa shape index (κ1) is 14.7. The molecule has 0 aliphatic rings. The van der Waals surface area contributed by atoms with Crippen LogP contribution >= 0.6 is 12.2 Å². The average Bonchev–Trinajstić information content (AvgIpc) is 2.70. The Hall–Kier alpha value is -1.69. The summed E-state index contributed by atoms with van der Waals surface area (Å²) in [5, 5.41) is 0. The van der Waals surface area contributed by atoms with Crippen molar-refractivity contribution in [1.29, 1.82) is 0 Å². The lowest BCUT2D eigenvalue weighted by Gasteiger charge is -2.19. The predicted molar refractivity (Wildman–Crippen MR) is 77.6 cm³/mol. The molecule has 0 aliphatic heterocycles. The number of rotatable bonds is 4. The van der Waals surface area contributed by atoms with E-state index in [4.69, 9.17) is 17.0 Å². The van der Waals surface area contributed by atoms with Gasteiger partial charge in [-0.2, -0.15) is 0 Å². The van der Waals surface area contributed by atoms with E-state index >= 15 is 0 Å². The van der Waals surface area contributed by atoms with Gasteiger partial charge in [0.1, 0.15) is 11.9 Å². The highest BCUT2D eigenvalue weighted by atomic mass is 32.1. The van der Waals surface area contributed by atoms with Gasteiger partial charge in [-0.25, -0.2) is 9.18 Å². The fraction of sp³-hybridized carbons (Fsp3) is 0.429. The lowest BCUT2D eigenvalue weighted by Crippen LogP contribution is -2.22. The zero-order valence-electron chi connectivity index (χ0n) is 11.6. The topological polar surface area (TPSA) is 47.0 Å². The maximum Gasteiger partial charge on any atom is 0.328 e. The van der Waals surface area contributed by atoms with E-state index in [-0.39, 0.29) is 17.7 Å². The lowest BCUT2D eigenvalue weighted by atomic mass is 10.0. The van der Waals surface area contributed by atoms with E-state index in [9.17, 15) is 9.18 Å². The minimum absolute atomic E-state index is 0.277. The van der Waals surface area contributed by atoms with Crippen LogP contribution < -0.4 is 0 Å². The molecule has 4 nitrogen and oxygen atoms in total. The number of carbonyl (C=O) groups is 1. The smallest absolute Gasteiger partial charge is 0.328 e. The summed E-state index contributed by atoms with van der Waals surface area (Å²) >= 11 is 5.27. The van der Waals surface area contributed by atoms with Gasteiger partial charge in [0.05, 0.1) is 18.1 Å². The van der Waals surface area contributed by atoms with E-state index in [1.54, 1.807) is 10.6 Å². The van der Waals surface area contributed by atoms with E-state index in [0.717, 1.165) is 0 Å². The molecule has 1 unspecified atom stereocenters. The summed E-state index contributed by atoms with van der Waals surface area (Å²) in [5.41, 5.74) is 1.28. The zero-order valence-corrected chi connectivity index (χ0v) is 12.5. The molecule has 0 saturated heterocycles. The number of aromatic nitrogens is 2. The Balaban J connectivity index is 2.63. The number of ether oxygens (including phenoxy) is 1. The Morgan fingerprint density at radius 2 is 2.20 bits per heavy atom. The predicted octanol–water partition coefficient (Wildman–Crippen LogP) is 3.60. The SMILES string of the molecule is COC(=O)C(CC(C)C)n1c(=S)[nH]c2ccc(F)cc21. The van der Waals surface area contributed by atoms with Crippen LogP contribution in [0.4, 0.5) is 4.39 Å². The molecule has 1 heterocycles. The van der Waals surface area contributed by atoms with Crippen molar-refractivity contribution in [1.82, 2.24) is 9.55 Å². The molecule has 0 saturated carbocycles. The van der Waals surface area contributed by atoms with Gasteiger partial charge in [0.15, 0.2) is 4.77 Å². The fourth-order valence-electron chi connectivity index (χ4n) is 2.29. The molecule has 0 spiro atoms. The van der Waals surface area contributed by atoms with Crippen LogP contribution in [0.15, 0.2) is 18.2 Å². The summed E-state index contributed by atoms with van der Waals surface area (Å²) in [4.78, 5) is 15.0. The maximum absolute atomic E-state index is 13.5. The second kappa shape index (κ2) is 5.75. The number of imidazole rings is 1. The summed E-state index contributed by atoms with van der Waals surface area (Å²) in [7, 11) is 1.34. The minimum Gasteiger partial charge on any atom is -0.467 e. The molecule has 1 N–H and O–H groups in total. The van der Waals surface area contributed by atoms with Crippen LogP contribution in [0, 0.1) is 16.5 Å². The third-order valence-corrected chi connectivity index (χ3v) is 3.46. The number of hydrogen-bond acceptors (Lipinski definition) is 3. The average molecular weight is 296 g/mol. The minimum atomic E-state index is -0.553. The van der Waals surface area contributed by atoms with Gasteiger partial charge in [-0.3, -0.25) is 0 Å². The molecule has 2 aromatic rings. The van der Waals surface area contributed by atoms with Crippen LogP contribution in [-0.4, -0.2) is 22.6 Å². The molecular formula is C14H17FN2O2S. The van der Waals surface area contributed by atoms with Crippen LogP contribution in [0.3, 0.4) is 0 Å². The molecule has 1 aromatic heterocycles. The second-order valence-corrected chi connectivity index (χ2v) is 5.52. The number of methoxy groups -OCH3 is 1. The number of carbonyl (C=O) groups excluding carboxylic acids is 1. The Morgan fingerprint density at radius 3 is 2.80 bits per heavy atom. The molecule has 108 valence electrons. The molecule has 1 aromatic carbocycles. The van der Waals surface area contributed by atoms with Crippen LogP contribution in [0.1, 0.15) is 26.3 Å². The number of nitrogens with one attached hydrogen (secondary N) is 1. The van der Waals surface area contributed by atoms with Crippen LogP contribution in [0.25, 0.3) is 11.0 Å². The molecule has 0 aliphatic carbocycles. The molecule has 1 atom stereocenters. The van der Waals surface area contributed by atoms with E-state index in [2.05, 4.69) is 4.98 Å². The van der Waals surface area contributed by atoms with E-state index < -0.39 is 6.04 Å². The Morgan fingerprint density at radius 1 is 1.50 bits per heavy atom. The number of fused-ring (bicyclic) bond motifs is 1. The molecule has 6 heteroatoms. The first-order valence-corrected chi connectivity index (χ1v) is 6.82. The number of benzene rings is 1. The number of esters is 1. The molecule has 0 fully saturated rings. The van der Waals surface area contributed by atoms with Crippen molar-refractivity contribution in [3.63, 3.8) is 0 Å². The lowest BCUT2D eigenvalue weighted by molar-refractivity contribution is -0.145. The normalized spacial score (nSPS) is 12.8. The third-order valence-electron chi connectivity index (χ3n) is 3.16. The Kier molecular flexibility index (Phi) is 4.23. The van der Waals surface area contributed by atoms with E-state index in [1.807, 2.05) is 13.8 Å². The summed E-state index contributed by atoms with van der Waals surface area (Å²) in [5.74, 6) is -0.465. The van der Waals surface area contributed by atoms with Gasteiger partial charge in [0.2, 0.25) is 0 Å². The number of nitrogens with zero attached hydrogens (tertiary/aromatic N) is 1. The van der Waals surface area contributed by atoms with Crippen LogP contribution in [0.2, 0.25) is 0 Å². The monoisotopic (exact) mass is 296 g/mol. The van der Waals surface area contributed by atoms with Crippen molar-refractivity contribution < 1.29 is 13.9 Å². The van der Waals surface area contributed by atoms with E-state index in [1.165, 1.54) is 19.2 Å². The third kappa shape index (κ3) is 2.75. The summed E-state index contributed by atoms with van der Waals surface area (Å²) in [6.45, 7) is 4.02. The van der Waals surface area contributed by atoms with Gasteiger partial charge in [-0.15, -0.1) is 0 Å². The highest BCUT2D eigenvalue weighted by molar-refractivity contribution is 7.71. The molecule has 0 bridgehead atoms. The fourth-order valence-corrected chi connectivity index (χ4v) is 2.63. The van der Waals surface area contributed by atoms with Crippen LogP contribution in [-0.2, 0) is 9.53 Å². The van der Waals surface area contributed by atoms with Crippen molar-refractivity contribution >= 4 is 29.2 Å². The van der Waals surface area contributed by atoms with Crippen molar-refractivity contribution in [3.05, 3.63) is 28.8 Å². The number of hydrogen-bond donors (Lipinski definition) is 1. The summed E-state index contributed by atoms with van der Waals surface area (Å²) in [6.07, 6.45) is 0.574. The largest absolute Gasteiger partial charge is 0.467 e. The van der Waals surface area contributed by atoms with Gasteiger partial charge >= 0.3 is 5.97 Å². The quantitative estimate of drug-likeness (QED) is 0.692. The molecule has 0 radical (unpaired) electrons. The standard InChI is InChI=1S/C14H17FN2O2S/c1-8(2)6-12(13(18)19-3)17-11-7-9(15)4-5-10(11)16-14(17)20/h4-5,7-8,12H,6H2,1-3H3,(H,16,20). The summed E-state index contributed by atoms with van der Waals surface area (Å²) < 4.78 is 20.3. The first-order chi connectivity index (χ1) is 9.43. The highest BCUT2D eigenvalue weighted by Crippen LogP contribution is 2.25. The van der Waals surface area contributed by atoms with E-state index in [0.29, 0.717) is 22.2 Å². The Labute approximate surface area is 121 Å². The zero-order chi connectivity index (χ0) is 14.9. The van der Waals surface area contributed by atoms with Crippen molar-refractivity contribution in [2.24, 2.45) is 5.92 Å². The van der Waals surface area contributed by atoms with Gasteiger partial charge in [0, 0.05) is 0 Å². The molecular weight excluding hydrogens is 279 g/mol. The number of halogens is 1. The van der Waals surface area contributed by atoms with Gasteiger partial charge < -0.3 is 14.3 Å². The number of H-pyrrole nitrogens is 1. The summed E-state index contributed by atoms with van der Waals surface area (Å²) in [6, 6.07) is 3.79. The molecule has 2 rings (SSSR count). The molecule has 20 heavy (non-hydrogen) atoms. The van der Waals surface area contributed by atoms with Crippen LogP contribution in [0.5, 0.6) is 0 Å². The van der Waals surface area contributed by atoms with Crippen molar-refractivity contribution in [3.8, 4) is 0 Å².